The first-order valence-corrected chi connectivity index (χ1v) is 19.0. The zero-order chi connectivity index (χ0) is 42.2. The molecule has 3 heterocycles. The largest absolute Gasteiger partial charge is 0.455 e. The Morgan fingerprint density at radius 2 is 1.00 bits per heavy atom. The van der Waals surface area contributed by atoms with Crippen LogP contribution in [0.15, 0.2) is 192 Å². The minimum Gasteiger partial charge on any atom is -0.455 e. The molecule has 11 rings (SSSR count). The summed E-state index contributed by atoms with van der Waals surface area (Å²) < 4.78 is 64.4. The first-order chi connectivity index (χ1) is 30.2. The lowest BCUT2D eigenvalue weighted by molar-refractivity contribution is 0.670. The molecule has 8 aromatic carbocycles. The second-order valence-corrected chi connectivity index (χ2v) is 14.5. The van der Waals surface area contributed by atoms with Gasteiger partial charge in [-0.2, -0.15) is 0 Å². The standard InChI is InChI=1S/C51H31N3OS/c1-3-13-32(14-4-1)34-17-9-19-36(29-34)49-52-50(37-20-10-18-35(30-37)33-15-5-2-6-16-33)54-51(53-49)38-27-28-39-41-22-11-23-42(47(41)55-45(39)31-38)44-25-12-24-43-40-21-7-8-26-46(40)56-48(43)44/h1-31H/i11D,22D,23D,27D,28D,31D. The lowest BCUT2D eigenvalue weighted by atomic mass is 10.00. The molecule has 0 radical (unpaired) electrons. The van der Waals surface area contributed by atoms with E-state index in [0.29, 0.717) is 33.9 Å². The molecule has 0 N–H and O–H groups in total. The number of hydrogen-bond acceptors (Lipinski definition) is 5. The van der Waals surface area contributed by atoms with Crippen molar-refractivity contribution in [3.63, 3.8) is 0 Å². The van der Waals surface area contributed by atoms with Crippen molar-refractivity contribution in [2.75, 3.05) is 0 Å². The monoisotopic (exact) mass is 739 g/mol. The van der Waals surface area contributed by atoms with Gasteiger partial charge in [0.15, 0.2) is 17.5 Å². The Balaban J connectivity index is 1.16. The Morgan fingerprint density at radius 3 is 1.70 bits per heavy atom. The average molecular weight is 740 g/mol. The number of fused-ring (bicyclic) bond motifs is 6. The molecule has 0 aliphatic carbocycles. The van der Waals surface area contributed by atoms with E-state index in [2.05, 4.69) is 0 Å². The third kappa shape index (κ3) is 5.56. The van der Waals surface area contributed by atoms with Crippen LogP contribution >= 0.6 is 11.3 Å². The van der Waals surface area contributed by atoms with Crippen molar-refractivity contribution < 1.29 is 12.6 Å². The molecule has 5 heteroatoms. The number of benzene rings is 8. The minimum atomic E-state index is -0.336. The smallest absolute Gasteiger partial charge is 0.164 e. The van der Waals surface area contributed by atoms with Gasteiger partial charge in [0, 0.05) is 58.8 Å². The third-order valence-electron chi connectivity index (χ3n) is 10.0. The number of nitrogens with zero attached hydrogens (tertiary/aromatic N) is 3. The van der Waals surface area contributed by atoms with Gasteiger partial charge in [0.1, 0.15) is 11.2 Å². The molecule has 0 aliphatic rings. The van der Waals surface area contributed by atoms with Crippen molar-refractivity contribution in [1.82, 2.24) is 15.0 Å². The van der Waals surface area contributed by atoms with Crippen molar-refractivity contribution in [3.8, 4) is 67.5 Å². The van der Waals surface area contributed by atoms with Crippen molar-refractivity contribution in [1.29, 1.82) is 0 Å². The van der Waals surface area contributed by atoms with Gasteiger partial charge in [-0.1, -0.05) is 158 Å². The Labute approximate surface area is 335 Å². The quantitative estimate of drug-likeness (QED) is 0.170. The van der Waals surface area contributed by atoms with Gasteiger partial charge in [0.2, 0.25) is 0 Å². The molecule has 0 bridgehead atoms. The molecule has 4 nitrogen and oxygen atoms in total. The maximum atomic E-state index is 9.70. The topological polar surface area (TPSA) is 51.8 Å². The van der Waals surface area contributed by atoms with Gasteiger partial charge < -0.3 is 4.42 Å². The highest BCUT2D eigenvalue weighted by Gasteiger charge is 2.19. The zero-order valence-electron chi connectivity index (χ0n) is 35.6. The Bertz CT molecular complexity index is 3510. The highest BCUT2D eigenvalue weighted by Crippen LogP contribution is 2.44. The van der Waals surface area contributed by atoms with Crippen LogP contribution in [0.25, 0.3) is 110 Å². The van der Waals surface area contributed by atoms with Crippen LogP contribution in [-0.4, -0.2) is 15.0 Å². The SMILES string of the molecule is [2H]c1c([2H])c([2H])c2c(oc3c([2H])c(-c4nc(-c5cccc(-c6ccccc6)c5)nc(-c5cccc(-c6ccccc6)c5)n4)c([2H])c([2H])c32)c1-c1cccc2c1sc1ccccc12. The number of aromatic nitrogens is 3. The molecule has 0 unspecified atom stereocenters. The summed E-state index contributed by atoms with van der Waals surface area (Å²) in [5, 5.41) is 2.21. The van der Waals surface area contributed by atoms with Crippen LogP contribution in [0.2, 0.25) is 0 Å². The molecule has 3 aromatic heterocycles. The Hall–Kier alpha value is -7.21. The molecule has 0 saturated carbocycles. The summed E-state index contributed by atoms with van der Waals surface area (Å²) in [6, 6.07) is 47.7. The summed E-state index contributed by atoms with van der Waals surface area (Å²) in [4.78, 5) is 14.8. The highest BCUT2D eigenvalue weighted by atomic mass is 32.1. The molecule has 0 amide bonds. The maximum Gasteiger partial charge on any atom is 0.164 e. The van der Waals surface area contributed by atoms with Crippen molar-refractivity contribution >= 4 is 53.4 Å². The molecular formula is C51H31N3OS. The zero-order valence-corrected chi connectivity index (χ0v) is 30.4. The second kappa shape index (κ2) is 13.3. The van der Waals surface area contributed by atoms with Crippen LogP contribution in [0.4, 0.5) is 0 Å². The van der Waals surface area contributed by atoms with Crippen molar-refractivity contribution in [2.24, 2.45) is 0 Å². The molecule has 0 atom stereocenters. The molecule has 0 saturated heterocycles. The summed E-state index contributed by atoms with van der Waals surface area (Å²) in [6.45, 7) is 0. The normalized spacial score (nSPS) is 13.1. The van der Waals surface area contributed by atoms with Gasteiger partial charge >= 0.3 is 0 Å². The molecule has 262 valence electrons. The first-order valence-electron chi connectivity index (χ1n) is 21.2. The van der Waals surface area contributed by atoms with E-state index < -0.39 is 0 Å². The number of rotatable bonds is 6. The summed E-state index contributed by atoms with van der Waals surface area (Å²) in [7, 11) is 0. The van der Waals surface area contributed by atoms with E-state index in [4.69, 9.17) is 22.1 Å². The van der Waals surface area contributed by atoms with E-state index in [-0.39, 0.29) is 69.6 Å². The number of thiophene rings is 1. The molecule has 0 aliphatic heterocycles. The maximum absolute atomic E-state index is 9.70. The fourth-order valence-electron chi connectivity index (χ4n) is 7.34. The Morgan fingerprint density at radius 1 is 0.429 bits per heavy atom. The van der Waals surface area contributed by atoms with E-state index in [0.717, 1.165) is 42.4 Å². The van der Waals surface area contributed by atoms with Gasteiger partial charge in [-0.05, 0) is 52.5 Å². The van der Waals surface area contributed by atoms with Gasteiger partial charge in [0.25, 0.3) is 0 Å². The van der Waals surface area contributed by atoms with Gasteiger partial charge in [-0.15, -0.1) is 11.3 Å². The predicted octanol–water partition coefficient (Wildman–Crippen LogP) is 14.1. The van der Waals surface area contributed by atoms with Crippen LogP contribution in [0.3, 0.4) is 0 Å². The van der Waals surface area contributed by atoms with E-state index in [1.54, 1.807) is 11.3 Å². The van der Waals surface area contributed by atoms with Crippen LogP contribution in [0.1, 0.15) is 8.22 Å². The number of hydrogen-bond donors (Lipinski definition) is 0. The van der Waals surface area contributed by atoms with E-state index >= 15 is 0 Å². The third-order valence-corrected chi connectivity index (χ3v) is 11.3. The van der Waals surface area contributed by atoms with E-state index in [1.807, 2.05) is 152 Å². The fraction of sp³-hybridized carbons (Fsp3) is 0. The van der Waals surface area contributed by atoms with Crippen molar-refractivity contribution in [2.45, 2.75) is 0 Å². The predicted molar refractivity (Wildman–Crippen MR) is 233 cm³/mol. The van der Waals surface area contributed by atoms with Gasteiger partial charge in [-0.3, -0.25) is 0 Å². The van der Waals surface area contributed by atoms with Crippen LogP contribution in [0.5, 0.6) is 0 Å². The second-order valence-electron chi connectivity index (χ2n) is 13.5. The first kappa shape index (κ1) is 26.5. The summed E-state index contributed by atoms with van der Waals surface area (Å²) in [5.74, 6) is 0.635. The highest BCUT2D eigenvalue weighted by molar-refractivity contribution is 7.26. The molecular weight excluding hydrogens is 703 g/mol. The summed E-state index contributed by atoms with van der Waals surface area (Å²) in [6.07, 6.45) is 0. The van der Waals surface area contributed by atoms with E-state index in [9.17, 15) is 5.48 Å². The molecule has 0 fully saturated rings. The lowest BCUT2D eigenvalue weighted by Gasteiger charge is -2.10. The fourth-order valence-corrected chi connectivity index (χ4v) is 8.57. The lowest BCUT2D eigenvalue weighted by Crippen LogP contribution is -2.00. The van der Waals surface area contributed by atoms with Crippen LogP contribution < -0.4 is 0 Å². The molecule has 0 spiro atoms. The van der Waals surface area contributed by atoms with E-state index in [1.165, 1.54) is 0 Å². The summed E-state index contributed by atoms with van der Waals surface area (Å²) in [5.41, 5.74) is 6.27. The Kier molecular flexibility index (Phi) is 6.29. The van der Waals surface area contributed by atoms with Gasteiger partial charge in [0.05, 0.1) is 8.22 Å². The number of para-hydroxylation sites is 1. The molecule has 56 heavy (non-hydrogen) atoms. The molecule has 11 aromatic rings. The van der Waals surface area contributed by atoms with Crippen LogP contribution in [-0.2, 0) is 0 Å². The minimum absolute atomic E-state index is 0.00908. The summed E-state index contributed by atoms with van der Waals surface area (Å²) >= 11 is 1.56. The number of furan rings is 1. The van der Waals surface area contributed by atoms with Gasteiger partial charge in [-0.25, -0.2) is 15.0 Å². The van der Waals surface area contributed by atoms with Crippen LogP contribution in [0, 0.1) is 0 Å². The van der Waals surface area contributed by atoms with Crippen molar-refractivity contribution in [3.05, 3.63) is 188 Å². The average Bonchev–Trinajstić information content (AvgIpc) is 3.91.